The van der Waals surface area contributed by atoms with Crippen molar-refractivity contribution < 1.29 is 9.90 Å². The fourth-order valence-corrected chi connectivity index (χ4v) is 4.44. The molecule has 0 atom stereocenters. The van der Waals surface area contributed by atoms with Crippen molar-refractivity contribution in [3.05, 3.63) is 69.8 Å². The number of halogens is 1. The molecule has 140 valence electrons. The molecule has 0 amide bonds. The molecule has 0 bridgehead atoms. The number of hydrogen-bond donors (Lipinski definition) is 2. The number of rotatable bonds is 5. The molecule has 0 fully saturated rings. The van der Waals surface area contributed by atoms with Crippen molar-refractivity contribution in [2.24, 2.45) is 0 Å². The fourth-order valence-electron chi connectivity index (χ4n) is 3.08. The van der Waals surface area contributed by atoms with Crippen LogP contribution in [0, 0.1) is 0 Å². The van der Waals surface area contributed by atoms with Gasteiger partial charge < -0.3 is 10.4 Å². The van der Waals surface area contributed by atoms with Crippen LogP contribution in [0.4, 0.5) is 11.5 Å². The first-order valence-corrected chi connectivity index (χ1v) is 10.3. The van der Waals surface area contributed by atoms with E-state index in [9.17, 15) is 4.79 Å². The predicted molar refractivity (Wildman–Crippen MR) is 117 cm³/mol. The van der Waals surface area contributed by atoms with E-state index in [-0.39, 0.29) is 5.56 Å². The summed E-state index contributed by atoms with van der Waals surface area (Å²) in [5, 5.41) is 13.4. The molecule has 2 heterocycles. The van der Waals surface area contributed by atoms with Crippen molar-refractivity contribution in [3.8, 4) is 11.1 Å². The van der Waals surface area contributed by atoms with E-state index in [0.29, 0.717) is 5.82 Å². The van der Waals surface area contributed by atoms with Gasteiger partial charge in [-0.05, 0) is 48.4 Å². The molecule has 2 N–H and O–H groups in total. The van der Waals surface area contributed by atoms with Crippen LogP contribution in [0.15, 0.2) is 59.3 Å². The highest BCUT2D eigenvalue weighted by Gasteiger charge is 2.18. The third-order valence-electron chi connectivity index (χ3n) is 4.41. The van der Waals surface area contributed by atoms with E-state index in [0.717, 1.165) is 37.9 Å². The number of carboxylic acid groups (broad SMARTS) is 1. The van der Waals surface area contributed by atoms with Crippen LogP contribution in [-0.4, -0.2) is 21.0 Å². The molecule has 2 aromatic carbocycles. The second-order valence-electron chi connectivity index (χ2n) is 6.17. The van der Waals surface area contributed by atoms with Crippen molar-refractivity contribution in [2.45, 2.75) is 13.3 Å². The Bertz CT molecular complexity index is 1150. The minimum absolute atomic E-state index is 0.248. The van der Waals surface area contributed by atoms with Gasteiger partial charge in [-0.3, -0.25) is 0 Å². The van der Waals surface area contributed by atoms with Gasteiger partial charge in [-0.25, -0.2) is 14.8 Å². The maximum atomic E-state index is 11.1. The zero-order valence-corrected chi connectivity index (χ0v) is 17.3. The average molecular weight is 454 g/mol. The number of carbonyl (C=O) groups is 1. The number of thiophene rings is 1. The van der Waals surface area contributed by atoms with Crippen LogP contribution in [0.2, 0.25) is 0 Å². The van der Waals surface area contributed by atoms with E-state index >= 15 is 0 Å². The molecule has 0 unspecified atom stereocenters. The van der Waals surface area contributed by atoms with Crippen molar-refractivity contribution >= 4 is 55.0 Å². The number of aryl methyl sites for hydroxylation is 1. The van der Waals surface area contributed by atoms with Gasteiger partial charge in [-0.2, -0.15) is 0 Å². The molecule has 7 heteroatoms. The van der Waals surface area contributed by atoms with Gasteiger partial charge in [-0.1, -0.05) is 35.0 Å². The number of hydrogen-bond acceptors (Lipinski definition) is 5. The number of aromatic nitrogens is 2. The van der Waals surface area contributed by atoms with Crippen molar-refractivity contribution in [3.63, 3.8) is 0 Å². The second-order valence-corrected chi connectivity index (χ2v) is 8.17. The number of benzene rings is 2. The Balaban J connectivity index is 1.83. The molecule has 5 nitrogen and oxygen atoms in total. The molecule has 0 aliphatic heterocycles. The number of aromatic carboxylic acids is 1. The van der Waals surface area contributed by atoms with E-state index in [2.05, 4.69) is 50.3 Å². The lowest BCUT2D eigenvalue weighted by molar-refractivity contribution is 0.0697. The van der Waals surface area contributed by atoms with E-state index in [1.54, 1.807) is 41.9 Å². The SMILES string of the molecule is CCc1sc2ncnc(Nc3ccc(C(=O)O)cc3)c2c1-c1ccc(Br)cc1. The summed E-state index contributed by atoms with van der Waals surface area (Å²) >= 11 is 5.17. The summed E-state index contributed by atoms with van der Waals surface area (Å²) in [5.41, 5.74) is 3.28. The van der Waals surface area contributed by atoms with Gasteiger partial charge in [-0.15, -0.1) is 11.3 Å². The highest BCUT2D eigenvalue weighted by atomic mass is 79.9. The maximum Gasteiger partial charge on any atom is 0.335 e. The normalized spacial score (nSPS) is 10.9. The summed E-state index contributed by atoms with van der Waals surface area (Å²) in [5.74, 6) is -0.235. The second kappa shape index (κ2) is 7.69. The zero-order chi connectivity index (χ0) is 19.7. The van der Waals surface area contributed by atoms with Crippen LogP contribution in [0.5, 0.6) is 0 Å². The van der Waals surface area contributed by atoms with Gasteiger partial charge in [0, 0.05) is 20.6 Å². The molecule has 28 heavy (non-hydrogen) atoms. The number of carboxylic acids is 1. The van der Waals surface area contributed by atoms with Crippen LogP contribution < -0.4 is 5.32 Å². The first-order chi connectivity index (χ1) is 13.6. The highest BCUT2D eigenvalue weighted by Crippen LogP contribution is 2.41. The van der Waals surface area contributed by atoms with Gasteiger partial charge in [0.1, 0.15) is 17.0 Å². The molecule has 4 rings (SSSR count). The van der Waals surface area contributed by atoms with E-state index in [4.69, 9.17) is 5.11 Å². The maximum absolute atomic E-state index is 11.1. The van der Waals surface area contributed by atoms with Crippen LogP contribution in [0.1, 0.15) is 22.2 Å². The largest absolute Gasteiger partial charge is 0.478 e. The van der Waals surface area contributed by atoms with Crippen LogP contribution >= 0.6 is 27.3 Å². The van der Waals surface area contributed by atoms with Gasteiger partial charge in [0.25, 0.3) is 0 Å². The minimum atomic E-state index is -0.945. The van der Waals surface area contributed by atoms with Gasteiger partial charge >= 0.3 is 5.97 Å². The Kier molecular flexibility index (Phi) is 5.11. The van der Waals surface area contributed by atoms with Crippen molar-refractivity contribution in [2.75, 3.05) is 5.32 Å². The molecule has 2 aromatic heterocycles. The van der Waals surface area contributed by atoms with Crippen LogP contribution in [0.25, 0.3) is 21.3 Å². The topological polar surface area (TPSA) is 75.1 Å². The Hall–Kier alpha value is -2.77. The van der Waals surface area contributed by atoms with Crippen LogP contribution in [-0.2, 0) is 6.42 Å². The summed E-state index contributed by atoms with van der Waals surface area (Å²) in [6, 6.07) is 14.9. The molecule has 0 aliphatic rings. The van der Waals surface area contributed by atoms with E-state index in [1.165, 1.54) is 4.88 Å². The summed E-state index contributed by atoms with van der Waals surface area (Å²) in [7, 11) is 0. The number of fused-ring (bicyclic) bond motifs is 1. The molecular formula is C21H16BrN3O2S. The smallest absolute Gasteiger partial charge is 0.335 e. The zero-order valence-electron chi connectivity index (χ0n) is 14.9. The third-order valence-corrected chi connectivity index (χ3v) is 6.18. The summed E-state index contributed by atoms with van der Waals surface area (Å²) in [6.07, 6.45) is 2.46. The Morgan fingerprint density at radius 2 is 1.82 bits per heavy atom. The molecule has 0 radical (unpaired) electrons. The molecule has 0 spiro atoms. The Morgan fingerprint density at radius 3 is 2.46 bits per heavy atom. The van der Waals surface area contributed by atoms with Crippen molar-refractivity contribution in [1.29, 1.82) is 0 Å². The fraction of sp³-hybridized carbons (Fsp3) is 0.0952. The minimum Gasteiger partial charge on any atom is -0.478 e. The first kappa shape index (κ1) is 18.6. The van der Waals surface area contributed by atoms with Crippen molar-refractivity contribution in [1.82, 2.24) is 9.97 Å². The molecule has 0 aliphatic carbocycles. The summed E-state index contributed by atoms with van der Waals surface area (Å²) in [4.78, 5) is 22.2. The summed E-state index contributed by atoms with van der Waals surface area (Å²) in [6.45, 7) is 2.14. The standard InChI is InChI=1S/C21H16BrN3O2S/c1-2-16-17(12-3-7-14(22)8-4-12)18-19(23-11-24-20(18)28-16)25-15-9-5-13(6-10-15)21(26)27/h3-11H,2H2,1H3,(H,26,27)(H,23,24,25). The lowest BCUT2D eigenvalue weighted by Gasteiger charge is -2.10. The quantitative estimate of drug-likeness (QED) is 0.380. The number of nitrogens with zero attached hydrogens (tertiary/aromatic N) is 2. The van der Waals surface area contributed by atoms with Crippen LogP contribution in [0.3, 0.4) is 0 Å². The first-order valence-electron chi connectivity index (χ1n) is 8.69. The Labute approximate surface area is 174 Å². The summed E-state index contributed by atoms with van der Waals surface area (Å²) < 4.78 is 1.03. The van der Waals surface area contributed by atoms with E-state index in [1.807, 2.05) is 12.1 Å². The highest BCUT2D eigenvalue weighted by molar-refractivity contribution is 9.10. The lowest BCUT2D eigenvalue weighted by Crippen LogP contribution is -1.98. The Morgan fingerprint density at radius 1 is 1.11 bits per heavy atom. The van der Waals surface area contributed by atoms with E-state index < -0.39 is 5.97 Å². The number of anilines is 2. The number of nitrogens with one attached hydrogen (secondary N) is 1. The van der Waals surface area contributed by atoms with Gasteiger partial charge in [0.15, 0.2) is 0 Å². The average Bonchev–Trinajstić information content (AvgIpc) is 3.09. The third kappa shape index (κ3) is 3.50. The molecular weight excluding hydrogens is 438 g/mol. The predicted octanol–water partition coefficient (Wildman–Crippen LogP) is 6.13. The molecule has 4 aromatic rings. The monoisotopic (exact) mass is 453 g/mol. The molecule has 0 saturated carbocycles. The van der Waals surface area contributed by atoms with Gasteiger partial charge in [0.2, 0.25) is 0 Å². The molecule has 0 saturated heterocycles. The van der Waals surface area contributed by atoms with Gasteiger partial charge in [0.05, 0.1) is 10.9 Å². The lowest BCUT2D eigenvalue weighted by atomic mass is 10.0.